The topological polar surface area (TPSA) is 87.5 Å². The van der Waals surface area contributed by atoms with Crippen LogP contribution in [-0.4, -0.2) is 71.4 Å². The van der Waals surface area contributed by atoms with E-state index < -0.39 is 10.0 Å². The minimum atomic E-state index is -3.92. The highest BCUT2D eigenvalue weighted by Gasteiger charge is 2.44. The van der Waals surface area contributed by atoms with Crippen LogP contribution in [0.4, 0.5) is 0 Å². The largest absolute Gasteiger partial charge is 0.338 e. The van der Waals surface area contributed by atoms with Crippen LogP contribution in [0.15, 0.2) is 71.6 Å². The predicted octanol–water partition coefficient (Wildman–Crippen LogP) is 7.77. The average Bonchev–Trinajstić information content (AvgIpc) is 3.53. The molecule has 3 fully saturated rings. The number of hydrogen-bond acceptors (Lipinski definition) is 5. The Morgan fingerprint density at radius 2 is 1.59 bits per heavy atom. The summed E-state index contributed by atoms with van der Waals surface area (Å²) in [6.07, 6.45) is 7.36. The Bertz CT molecular complexity index is 1940. The number of aromatic nitrogens is 2. The maximum Gasteiger partial charge on any atom is 0.256 e. The van der Waals surface area contributed by atoms with Crippen LogP contribution < -0.4 is 4.72 Å². The zero-order chi connectivity index (χ0) is 34.5. The number of para-hydroxylation sites is 2. The van der Waals surface area contributed by atoms with E-state index in [1.54, 1.807) is 18.7 Å². The van der Waals surface area contributed by atoms with Gasteiger partial charge >= 0.3 is 0 Å². The van der Waals surface area contributed by atoms with Crippen molar-refractivity contribution in [3.63, 3.8) is 0 Å². The van der Waals surface area contributed by atoms with Crippen molar-refractivity contribution in [2.75, 3.05) is 19.6 Å². The van der Waals surface area contributed by atoms with Crippen LogP contribution in [0.25, 0.3) is 11.0 Å². The molecule has 0 aliphatic carbocycles. The summed E-state index contributed by atoms with van der Waals surface area (Å²) in [6, 6.07) is 23.3. The Morgan fingerprint density at radius 1 is 0.939 bits per heavy atom. The molecule has 2 bridgehead atoms. The summed E-state index contributed by atoms with van der Waals surface area (Å²) < 4.78 is 31.0. The average molecular weight is 723 g/mol. The number of nitrogens with zero attached hydrogens (tertiary/aromatic N) is 4. The molecular formula is C38H45Cl2N5O3S. The lowest BCUT2D eigenvalue weighted by molar-refractivity contribution is 0.0607. The molecule has 3 atom stereocenters. The van der Waals surface area contributed by atoms with Gasteiger partial charge in [-0.05, 0) is 108 Å². The van der Waals surface area contributed by atoms with Gasteiger partial charge in [0.25, 0.3) is 5.91 Å². The van der Waals surface area contributed by atoms with Crippen LogP contribution in [0, 0.1) is 6.92 Å². The van der Waals surface area contributed by atoms with E-state index in [9.17, 15) is 13.2 Å². The maximum atomic E-state index is 14.0. The summed E-state index contributed by atoms with van der Waals surface area (Å²) >= 11 is 13.2. The van der Waals surface area contributed by atoms with E-state index in [1.165, 1.54) is 36.1 Å². The SMILES string of the molecule is Cc1nc2ccccc2n1C1C[C@H]2CC[C@@H](C1)N2CCC1(c2ccccc2)CCN(C(=O)c2c(Cl)ccc(S(=O)(=O)NC(C)C)c2Cl)CC1. The van der Waals surface area contributed by atoms with Crippen LogP contribution >= 0.6 is 23.2 Å². The van der Waals surface area contributed by atoms with E-state index in [-0.39, 0.29) is 37.9 Å². The standard InChI is InChI=1S/C38H45Cl2N5O3S/c1-25(2)42-49(47,48)34-16-15-31(39)35(36(34)40)37(46)43-20-17-38(18-21-43,27-9-5-4-6-10-27)19-22-44-28-13-14-29(44)24-30(23-28)45-26(3)41-32-11-7-8-12-33(32)45/h4-12,15-16,25,28-30,42H,13-14,17-24H2,1-3H3/t28-,29+,30?. The smallest absolute Gasteiger partial charge is 0.256 e. The van der Waals surface area contributed by atoms with Crippen molar-refractivity contribution in [2.45, 2.75) is 100 Å². The minimum Gasteiger partial charge on any atom is -0.338 e. The number of nitrogens with one attached hydrogen (secondary N) is 1. The summed E-state index contributed by atoms with van der Waals surface area (Å²) in [6.45, 7) is 7.69. The summed E-state index contributed by atoms with van der Waals surface area (Å²) in [4.78, 5) is 23.2. The Labute approximate surface area is 299 Å². The fourth-order valence-corrected chi connectivity index (χ4v) is 11.0. The molecule has 7 rings (SSSR count). The third kappa shape index (κ3) is 6.53. The monoisotopic (exact) mass is 721 g/mol. The number of imidazole rings is 1. The van der Waals surface area contributed by atoms with Gasteiger partial charge in [-0.25, -0.2) is 18.1 Å². The zero-order valence-corrected chi connectivity index (χ0v) is 30.7. The van der Waals surface area contributed by atoms with Gasteiger partial charge in [0, 0.05) is 37.3 Å². The van der Waals surface area contributed by atoms with Crippen molar-refractivity contribution >= 4 is 50.2 Å². The number of carbonyl (C=O) groups is 1. The van der Waals surface area contributed by atoms with Gasteiger partial charge in [0.05, 0.1) is 26.6 Å². The maximum absolute atomic E-state index is 14.0. The fraction of sp³-hybridized carbons (Fsp3) is 0.474. The van der Waals surface area contributed by atoms with Crippen LogP contribution in [0.5, 0.6) is 0 Å². The van der Waals surface area contributed by atoms with E-state index in [2.05, 4.69) is 75.7 Å². The van der Waals surface area contributed by atoms with Gasteiger partial charge in [0.1, 0.15) is 10.7 Å². The number of sulfonamides is 1. The lowest BCUT2D eigenvalue weighted by Crippen LogP contribution is -2.49. The number of rotatable bonds is 9. The lowest BCUT2D eigenvalue weighted by Gasteiger charge is -2.45. The van der Waals surface area contributed by atoms with Crippen LogP contribution in [0.1, 0.15) is 86.6 Å². The van der Waals surface area contributed by atoms with Gasteiger partial charge in [-0.2, -0.15) is 0 Å². The second-order valence-corrected chi connectivity index (χ2v) is 16.9. The first kappa shape index (κ1) is 34.5. The van der Waals surface area contributed by atoms with Crippen molar-refractivity contribution in [3.05, 3.63) is 93.7 Å². The third-order valence-electron chi connectivity index (χ3n) is 11.2. The highest BCUT2D eigenvalue weighted by Crippen LogP contribution is 2.45. The molecule has 3 aliphatic heterocycles. The number of piperidine rings is 2. The highest BCUT2D eigenvalue weighted by atomic mass is 35.5. The molecule has 1 unspecified atom stereocenters. The van der Waals surface area contributed by atoms with Crippen LogP contribution in [0.3, 0.4) is 0 Å². The van der Waals surface area contributed by atoms with Crippen molar-refractivity contribution in [3.8, 4) is 0 Å². The highest BCUT2D eigenvalue weighted by molar-refractivity contribution is 7.89. The molecule has 0 spiro atoms. The van der Waals surface area contributed by atoms with Crippen molar-refractivity contribution in [1.29, 1.82) is 0 Å². The van der Waals surface area contributed by atoms with Gasteiger partial charge in [-0.3, -0.25) is 9.69 Å². The van der Waals surface area contributed by atoms with E-state index in [0.717, 1.165) is 50.0 Å². The number of hydrogen-bond donors (Lipinski definition) is 1. The van der Waals surface area contributed by atoms with Crippen LogP contribution in [-0.2, 0) is 15.4 Å². The van der Waals surface area contributed by atoms with Gasteiger partial charge < -0.3 is 9.47 Å². The zero-order valence-electron chi connectivity index (χ0n) is 28.4. The predicted molar refractivity (Wildman–Crippen MR) is 196 cm³/mol. The molecule has 11 heteroatoms. The Hall–Kier alpha value is -2.95. The lowest BCUT2D eigenvalue weighted by atomic mass is 9.70. The molecule has 3 aliphatic rings. The quantitative estimate of drug-likeness (QED) is 0.191. The summed E-state index contributed by atoms with van der Waals surface area (Å²) in [5, 5.41) is 0.0134. The van der Waals surface area contributed by atoms with Crippen LogP contribution in [0.2, 0.25) is 10.0 Å². The second kappa shape index (κ2) is 13.6. The molecule has 49 heavy (non-hydrogen) atoms. The third-order valence-corrected chi connectivity index (χ3v) is 13.7. The Morgan fingerprint density at radius 3 is 2.27 bits per heavy atom. The minimum absolute atomic E-state index is 0.0440. The first-order valence-electron chi connectivity index (χ1n) is 17.5. The normalized spacial score (nSPS) is 22.7. The molecule has 8 nitrogen and oxygen atoms in total. The number of benzene rings is 3. The number of amides is 1. The summed E-state index contributed by atoms with van der Waals surface area (Å²) in [5.41, 5.74) is 3.60. The van der Waals surface area contributed by atoms with E-state index in [0.29, 0.717) is 31.2 Å². The molecule has 4 heterocycles. The van der Waals surface area contributed by atoms with Crippen molar-refractivity contribution in [2.24, 2.45) is 0 Å². The first-order valence-corrected chi connectivity index (χ1v) is 19.8. The molecule has 1 aromatic heterocycles. The van der Waals surface area contributed by atoms with E-state index >= 15 is 0 Å². The Kier molecular flexibility index (Phi) is 9.60. The molecule has 0 radical (unpaired) electrons. The van der Waals surface area contributed by atoms with E-state index in [1.807, 2.05) is 0 Å². The molecule has 0 saturated carbocycles. The molecule has 3 aromatic carbocycles. The molecule has 4 aromatic rings. The van der Waals surface area contributed by atoms with Gasteiger partial charge in [-0.1, -0.05) is 65.7 Å². The van der Waals surface area contributed by atoms with E-state index in [4.69, 9.17) is 28.2 Å². The van der Waals surface area contributed by atoms with Gasteiger partial charge in [0.2, 0.25) is 10.0 Å². The number of aryl methyl sites for hydroxylation is 1. The molecule has 1 amide bonds. The second-order valence-electron chi connectivity index (χ2n) is 14.5. The fourth-order valence-electron chi connectivity index (χ4n) is 8.87. The molecular weight excluding hydrogens is 677 g/mol. The summed E-state index contributed by atoms with van der Waals surface area (Å²) in [5.74, 6) is 0.771. The molecule has 260 valence electrons. The van der Waals surface area contributed by atoms with Gasteiger partial charge in [-0.15, -0.1) is 0 Å². The summed E-state index contributed by atoms with van der Waals surface area (Å²) in [7, 11) is -3.92. The van der Waals surface area contributed by atoms with Crippen molar-refractivity contribution in [1.82, 2.24) is 24.1 Å². The molecule has 3 saturated heterocycles. The van der Waals surface area contributed by atoms with Crippen molar-refractivity contribution < 1.29 is 13.2 Å². The number of fused-ring (bicyclic) bond motifs is 3. The first-order chi connectivity index (χ1) is 23.5. The Balaban J connectivity index is 1.07. The number of carbonyl (C=O) groups excluding carboxylic acids is 1. The number of likely N-dealkylation sites (tertiary alicyclic amines) is 1. The van der Waals surface area contributed by atoms with Gasteiger partial charge in [0.15, 0.2) is 0 Å². The molecule has 1 N–H and O–H groups in total. The number of halogens is 2.